The lowest BCUT2D eigenvalue weighted by Gasteiger charge is -2.37. The first-order valence-electron chi connectivity index (χ1n) is 12.0. The van der Waals surface area contributed by atoms with Crippen LogP contribution in [-0.2, 0) is 14.3 Å². The highest BCUT2D eigenvalue weighted by atomic mass is 16.5. The fourth-order valence-electron chi connectivity index (χ4n) is 5.37. The number of imide groups is 1. The maximum Gasteiger partial charge on any atom is 0.278 e. The first-order chi connectivity index (χ1) is 14.9. The third kappa shape index (κ3) is 4.43. The summed E-state index contributed by atoms with van der Waals surface area (Å²) in [6, 6.07) is 6.12. The van der Waals surface area contributed by atoms with Crippen LogP contribution in [0, 0.1) is 13.8 Å². The van der Waals surface area contributed by atoms with Gasteiger partial charge in [-0.25, -0.2) is 0 Å². The van der Waals surface area contributed by atoms with Gasteiger partial charge >= 0.3 is 0 Å². The molecule has 0 spiro atoms. The number of carbonyl (C=O) groups excluding carboxylic acids is 2. The van der Waals surface area contributed by atoms with E-state index in [1.807, 2.05) is 19.9 Å². The Labute approximate surface area is 186 Å². The molecule has 168 valence electrons. The van der Waals surface area contributed by atoms with Crippen molar-refractivity contribution in [2.75, 3.05) is 13.1 Å². The van der Waals surface area contributed by atoms with Crippen molar-refractivity contribution < 1.29 is 14.3 Å². The van der Waals surface area contributed by atoms with E-state index in [2.05, 4.69) is 30.9 Å². The average molecular weight is 425 g/mol. The Morgan fingerprint density at radius 1 is 0.839 bits per heavy atom. The van der Waals surface area contributed by atoms with Crippen LogP contribution in [0.5, 0.6) is 0 Å². The molecule has 31 heavy (non-hydrogen) atoms. The molecule has 2 aliphatic heterocycles. The van der Waals surface area contributed by atoms with Gasteiger partial charge in [0.15, 0.2) is 0 Å². The average Bonchev–Trinajstić information content (AvgIpc) is 2.94. The summed E-state index contributed by atoms with van der Waals surface area (Å²) in [7, 11) is 0. The first-order valence-corrected chi connectivity index (χ1v) is 12.0. The zero-order chi connectivity index (χ0) is 22.1. The Bertz CT molecular complexity index is 873. The molecule has 2 amide bonds. The first kappa shape index (κ1) is 22.1. The van der Waals surface area contributed by atoms with E-state index < -0.39 is 0 Å². The number of benzene rings is 1. The maximum absolute atomic E-state index is 13.8. The Kier molecular flexibility index (Phi) is 6.52. The van der Waals surface area contributed by atoms with Gasteiger partial charge in [0.05, 0.1) is 17.8 Å². The summed E-state index contributed by atoms with van der Waals surface area (Å²) >= 11 is 0. The van der Waals surface area contributed by atoms with Gasteiger partial charge < -0.3 is 9.64 Å². The van der Waals surface area contributed by atoms with Crippen LogP contribution >= 0.6 is 0 Å². The summed E-state index contributed by atoms with van der Waals surface area (Å²) in [6.45, 7) is 9.46. The Hall–Kier alpha value is -2.14. The van der Waals surface area contributed by atoms with E-state index in [4.69, 9.17) is 4.74 Å². The van der Waals surface area contributed by atoms with Crippen molar-refractivity contribution in [3.8, 4) is 0 Å². The number of morpholine rings is 1. The fraction of sp³-hybridized carbons (Fsp3) is 0.615. The molecule has 1 saturated heterocycles. The number of rotatable bonds is 3. The Morgan fingerprint density at radius 2 is 1.45 bits per heavy atom. The molecule has 2 heterocycles. The molecule has 1 saturated carbocycles. The number of aryl methyl sites for hydroxylation is 2. The van der Waals surface area contributed by atoms with Crippen LogP contribution in [0.3, 0.4) is 0 Å². The topological polar surface area (TPSA) is 49.9 Å². The summed E-state index contributed by atoms with van der Waals surface area (Å²) in [6.07, 6.45) is 7.69. The van der Waals surface area contributed by atoms with Crippen molar-refractivity contribution in [2.45, 2.75) is 90.9 Å². The maximum atomic E-state index is 13.8. The fourth-order valence-corrected chi connectivity index (χ4v) is 5.37. The van der Waals surface area contributed by atoms with E-state index in [1.54, 1.807) is 4.90 Å². The second-order valence-electron chi connectivity index (χ2n) is 9.66. The lowest BCUT2D eigenvalue weighted by Crippen LogP contribution is -2.48. The Balaban J connectivity index is 1.76. The molecule has 1 aliphatic carbocycles. The second kappa shape index (κ2) is 9.15. The minimum atomic E-state index is -0.111. The van der Waals surface area contributed by atoms with Crippen molar-refractivity contribution in [3.63, 3.8) is 0 Å². The third-order valence-electron chi connectivity index (χ3n) is 7.06. The largest absolute Gasteiger partial charge is 0.372 e. The van der Waals surface area contributed by atoms with Crippen LogP contribution in [-0.4, -0.2) is 53.0 Å². The lowest BCUT2D eigenvalue weighted by atomic mass is 9.95. The van der Waals surface area contributed by atoms with Crippen molar-refractivity contribution >= 4 is 17.4 Å². The highest BCUT2D eigenvalue weighted by molar-refractivity contribution is 6.35. The molecule has 2 fully saturated rings. The molecule has 5 nitrogen and oxygen atoms in total. The van der Waals surface area contributed by atoms with Crippen LogP contribution in [0.1, 0.15) is 75.5 Å². The van der Waals surface area contributed by atoms with Gasteiger partial charge in [0.2, 0.25) is 0 Å². The van der Waals surface area contributed by atoms with E-state index in [9.17, 15) is 9.59 Å². The van der Waals surface area contributed by atoms with E-state index in [1.165, 1.54) is 24.8 Å². The number of hydrogen-bond donors (Lipinski definition) is 0. The Morgan fingerprint density at radius 3 is 2.06 bits per heavy atom. The quantitative estimate of drug-likeness (QED) is 0.665. The van der Waals surface area contributed by atoms with Gasteiger partial charge in [0.25, 0.3) is 11.8 Å². The number of ether oxygens (including phenoxy) is 1. The number of amides is 2. The van der Waals surface area contributed by atoms with Crippen LogP contribution in [0.4, 0.5) is 0 Å². The van der Waals surface area contributed by atoms with Crippen LogP contribution < -0.4 is 0 Å². The summed E-state index contributed by atoms with van der Waals surface area (Å²) in [5.41, 5.74) is 4.34. The van der Waals surface area contributed by atoms with Crippen LogP contribution in [0.25, 0.3) is 5.57 Å². The molecule has 2 unspecified atom stereocenters. The van der Waals surface area contributed by atoms with E-state index in [0.717, 1.165) is 36.8 Å². The molecule has 0 radical (unpaired) electrons. The van der Waals surface area contributed by atoms with Crippen molar-refractivity contribution in [1.82, 2.24) is 9.80 Å². The number of nitrogens with zero attached hydrogens (tertiary/aromatic N) is 2. The van der Waals surface area contributed by atoms with E-state index >= 15 is 0 Å². The van der Waals surface area contributed by atoms with Gasteiger partial charge in [-0.1, -0.05) is 50.3 Å². The van der Waals surface area contributed by atoms with E-state index in [0.29, 0.717) is 24.4 Å². The molecule has 1 aromatic carbocycles. The minimum Gasteiger partial charge on any atom is -0.372 e. The molecular formula is C26H36N2O3. The molecule has 1 aromatic rings. The van der Waals surface area contributed by atoms with Crippen molar-refractivity contribution in [1.29, 1.82) is 0 Å². The predicted molar refractivity (Wildman–Crippen MR) is 122 cm³/mol. The van der Waals surface area contributed by atoms with Gasteiger partial charge in [-0.05, 0) is 57.2 Å². The highest BCUT2D eigenvalue weighted by Crippen LogP contribution is 2.37. The monoisotopic (exact) mass is 424 g/mol. The zero-order valence-electron chi connectivity index (χ0n) is 19.4. The van der Waals surface area contributed by atoms with Crippen molar-refractivity contribution in [2.24, 2.45) is 0 Å². The number of carbonyl (C=O) groups is 2. The highest BCUT2D eigenvalue weighted by Gasteiger charge is 2.45. The van der Waals surface area contributed by atoms with Gasteiger partial charge in [0, 0.05) is 19.1 Å². The molecule has 5 heteroatoms. The predicted octanol–water partition coefficient (Wildman–Crippen LogP) is 4.61. The zero-order valence-corrected chi connectivity index (χ0v) is 19.4. The van der Waals surface area contributed by atoms with Gasteiger partial charge in [-0.2, -0.15) is 0 Å². The smallest absolute Gasteiger partial charge is 0.278 e. The SMILES string of the molecule is Cc1ccc(C2=C(N3CC(C)OC(C)C3)C(=O)N(C3CCCCCCC3)C2=O)cc1C. The van der Waals surface area contributed by atoms with Gasteiger partial charge in [-0.3, -0.25) is 14.5 Å². The standard InChI is InChI=1S/C26H36N2O3/c1-17-12-13-21(14-18(17)2)23-24(27-15-19(3)31-20(4)16-27)26(30)28(25(23)29)22-10-8-6-5-7-9-11-22/h12-14,19-20,22H,5-11,15-16H2,1-4H3. The van der Waals surface area contributed by atoms with E-state index in [-0.39, 0.29) is 30.1 Å². The van der Waals surface area contributed by atoms with Crippen LogP contribution in [0.2, 0.25) is 0 Å². The van der Waals surface area contributed by atoms with Gasteiger partial charge in [-0.15, -0.1) is 0 Å². The molecule has 2 atom stereocenters. The summed E-state index contributed by atoms with van der Waals surface area (Å²) in [4.78, 5) is 31.4. The molecule has 0 N–H and O–H groups in total. The summed E-state index contributed by atoms with van der Waals surface area (Å²) < 4.78 is 5.91. The normalized spacial score (nSPS) is 26.5. The molecule has 0 bridgehead atoms. The molecule has 4 rings (SSSR count). The summed E-state index contributed by atoms with van der Waals surface area (Å²) in [5.74, 6) is -0.217. The van der Waals surface area contributed by atoms with Crippen LogP contribution in [0.15, 0.2) is 23.9 Å². The van der Waals surface area contributed by atoms with Crippen molar-refractivity contribution in [3.05, 3.63) is 40.6 Å². The van der Waals surface area contributed by atoms with Gasteiger partial charge in [0.1, 0.15) is 5.70 Å². The third-order valence-corrected chi connectivity index (χ3v) is 7.06. The molecular weight excluding hydrogens is 388 g/mol. The second-order valence-corrected chi connectivity index (χ2v) is 9.66. The summed E-state index contributed by atoms with van der Waals surface area (Å²) in [5, 5.41) is 0. The minimum absolute atomic E-state index is 0.00947. The molecule has 3 aliphatic rings. The number of hydrogen-bond acceptors (Lipinski definition) is 4. The molecule has 0 aromatic heterocycles. The lowest BCUT2D eigenvalue weighted by molar-refractivity contribution is -0.141.